The summed E-state index contributed by atoms with van der Waals surface area (Å²) in [5, 5.41) is 4.27. The number of aromatic nitrogens is 2. The van der Waals surface area contributed by atoms with Crippen molar-refractivity contribution in [1.29, 1.82) is 0 Å². The normalized spacial score (nSPS) is 14.3. The first kappa shape index (κ1) is 16.7. The molecule has 3 heterocycles. The summed E-state index contributed by atoms with van der Waals surface area (Å²) in [7, 11) is 3.73. The van der Waals surface area contributed by atoms with Crippen molar-refractivity contribution in [2.24, 2.45) is 0 Å². The highest BCUT2D eigenvalue weighted by Gasteiger charge is 2.38. The standard InChI is InChI=1S/C24H19N4P/c1-27-18-7-3-5-9-22(18)29-23-10-6-4-8-19(23)28(2)21-14-16(13-20(27)24(21)29)17-15-25-11-12-26-17/h3-15H,1-2H3. The van der Waals surface area contributed by atoms with E-state index in [1.807, 2.05) is 6.20 Å². The minimum absolute atomic E-state index is 0.605. The molecule has 0 aliphatic carbocycles. The topological polar surface area (TPSA) is 32.3 Å². The molecule has 4 nitrogen and oxygen atoms in total. The summed E-state index contributed by atoms with van der Waals surface area (Å²) < 4.78 is 0. The number of hydrogen-bond donors (Lipinski definition) is 0. The van der Waals surface area contributed by atoms with Gasteiger partial charge in [0.15, 0.2) is 0 Å². The van der Waals surface area contributed by atoms with Crippen molar-refractivity contribution in [3.8, 4) is 11.3 Å². The second-order valence-electron chi connectivity index (χ2n) is 7.38. The van der Waals surface area contributed by atoms with Gasteiger partial charge in [-0.05, 0) is 32.2 Å². The van der Waals surface area contributed by atoms with Gasteiger partial charge in [-0.15, -0.1) is 0 Å². The summed E-state index contributed by atoms with van der Waals surface area (Å²) in [4.78, 5) is 13.5. The second kappa shape index (κ2) is 6.13. The maximum Gasteiger partial charge on any atom is 0.0886 e. The van der Waals surface area contributed by atoms with Crippen LogP contribution in [-0.4, -0.2) is 24.1 Å². The smallest absolute Gasteiger partial charge is 0.0886 e. The lowest BCUT2D eigenvalue weighted by Crippen LogP contribution is -2.41. The first-order valence-electron chi connectivity index (χ1n) is 9.64. The zero-order valence-corrected chi connectivity index (χ0v) is 17.1. The van der Waals surface area contributed by atoms with Crippen LogP contribution in [0.2, 0.25) is 0 Å². The van der Waals surface area contributed by atoms with Gasteiger partial charge in [-0.3, -0.25) is 9.97 Å². The Hall–Kier alpha value is -3.23. The monoisotopic (exact) mass is 394 g/mol. The van der Waals surface area contributed by atoms with Gasteiger partial charge in [0.25, 0.3) is 0 Å². The van der Waals surface area contributed by atoms with E-state index in [9.17, 15) is 0 Å². The van der Waals surface area contributed by atoms with Crippen LogP contribution < -0.4 is 25.7 Å². The molecule has 0 saturated carbocycles. The highest BCUT2D eigenvalue weighted by atomic mass is 31.1. The van der Waals surface area contributed by atoms with E-state index in [0.717, 1.165) is 11.3 Å². The molecular weight excluding hydrogens is 375 g/mol. The fourth-order valence-corrected chi connectivity index (χ4v) is 7.45. The van der Waals surface area contributed by atoms with Crippen molar-refractivity contribution in [3.05, 3.63) is 79.3 Å². The van der Waals surface area contributed by atoms with Crippen LogP contribution in [0.5, 0.6) is 0 Å². The number of hydrogen-bond acceptors (Lipinski definition) is 4. The number of fused-ring (bicyclic) bond motifs is 4. The van der Waals surface area contributed by atoms with Crippen LogP contribution >= 0.6 is 7.92 Å². The third-order valence-electron chi connectivity index (χ3n) is 5.84. The Labute approximate surface area is 171 Å². The zero-order chi connectivity index (χ0) is 19.5. The van der Waals surface area contributed by atoms with Crippen molar-refractivity contribution < 1.29 is 0 Å². The highest BCUT2D eigenvalue weighted by Crippen LogP contribution is 2.53. The Morgan fingerprint density at radius 3 is 1.86 bits per heavy atom. The van der Waals surface area contributed by atoms with E-state index in [0.29, 0.717) is 0 Å². The maximum absolute atomic E-state index is 4.55. The number of benzene rings is 3. The summed E-state index contributed by atoms with van der Waals surface area (Å²) in [5.74, 6) is 0. The number of para-hydroxylation sites is 2. The first-order valence-corrected chi connectivity index (χ1v) is 11.0. The largest absolute Gasteiger partial charge is 0.343 e. The van der Waals surface area contributed by atoms with Crippen molar-refractivity contribution in [1.82, 2.24) is 9.97 Å². The number of rotatable bonds is 1. The average molecular weight is 394 g/mol. The Balaban J connectivity index is 1.70. The molecule has 2 aliphatic heterocycles. The lowest BCUT2D eigenvalue weighted by atomic mass is 10.1. The molecular formula is C24H19N4P. The van der Waals surface area contributed by atoms with Crippen molar-refractivity contribution in [2.75, 3.05) is 23.9 Å². The van der Waals surface area contributed by atoms with Crippen molar-refractivity contribution in [3.63, 3.8) is 0 Å². The predicted molar refractivity (Wildman–Crippen MR) is 122 cm³/mol. The maximum atomic E-state index is 4.55. The van der Waals surface area contributed by atoms with Gasteiger partial charge in [0.05, 0.1) is 23.3 Å². The molecule has 29 heavy (non-hydrogen) atoms. The molecule has 0 bridgehead atoms. The summed E-state index contributed by atoms with van der Waals surface area (Å²) in [6.07, 6.45) is 5.31. The van der Waals surface area contributed by atoms with Gasteiger partial charge in [-0.1, -0.05) is 36.4 Å². The number of anilines is 4. The molecule has 0 atom stereocenters. The minimum atomic E-state index is -0.605. The molecule has 0 spiro atoms. The quantitative estimate of drug-likeness (QED) is 0.456. The van der Waals surface area contributed by atoms with E-state index in [4.69, 9.17) is 0 Å². The van der Waals surface area contributed by atoms with Gasteiger partial charge in [0.2, 0.25) is 0 Å². The molecule has 6 rings (SSSR count). The molecule has 4 aromatic rings. The molecule has 1 aromatic heterocycles. The van der Waals surface area contributed by atoms with Gasteiger partial charge in [-0.25, -0.2) is 0 Å². The van der Waals surface area contributed by atoms with Gasteiger partial charge >= 0.3 is 0 Å². The number of nitrogens with zero attached hydrogens (tertiary/aromatic N) is 4. The molecule has 140 valence electrons. The Morgan fingerprint density at radius 2 is 1.31 bits per heavy atom. The van der Waals surface area contributed by atoms with E-state index < -0.39 is 7.92 Å². The lowest BCUT2D eigenvalue weighted by Gasteiger charge is -2.43. The van der Waals surface area contributed by atoms with E-state index in [2.05, 4.69) is 94.5 Å². The third kappa shape index (κ3) is 2.30. The Bertz CT molecular complexity index is 1180. The Morgan fingerprint density at radius 1 is 0.724 bits per heavy atom. The summed E-state index contributed by atoms with van der Waals surface area (Å²) >= 11 is 0. The molecule has 0 radical (unpaired) electrons. The molecule has 0 saturated heterocycles. The van der Waals surface area contributed by atoms with Gasteiger partial charge in [-0.2, -0.15) is 0 Å². The Kier molecular flexibility index (Phi) is 3.53. The fraction of sp³-hybridized carbons (Fsp3) is 0.0833. The molecule has 0 amide bonds. The molecule has 0 fully saturated rings. The average Bonchev–Trinajstić information content (AvgIpc) is 2.79. The minimum Gasteiger partial charge on any atom is -0.343 e. The van der Waals surface area contributed by atoms with Gasteiger partial charge in [0, 0.05) is 59.3 Å². The summed E-state index contributed by atoms with van der Waals surface area (Å²) in [6, 6.07) is 22.2. The van der Waals surface area contributed by atoms with Crippen LogP contribution in [0.1, 0.15) is 0 Å². The SMILES string of the molecule is CN1c2ccccc2P2c3ccccc3N(C)c3cc(-c4cnccn4)cc1c32. The first-order chi connectivity index (χ1) is 14.2. The summed E-state index contributed by atoms with van der Waals surface area (Å²) in [6.45, 7) is 0. The predicted octanol–water partition coefficient (Wildman–Crippen LogP) is 4.06. The molecule has 3 aromatic carbocycles. The fourth-order valence-electron chi connectivity index (χ4n) is 4.44. The van der Waals surface area contributed by atoms with Crippen LogP contribution in [-0.2, 0) is 0 Å². The molecule has 0 unspecified atom stereocenters. The van der Waals surface area contributed by atoms with E-state index >= 15 is 0 Å². The molecule has 0 N–H and O–H groups in total. The van der Waals surface area contributed by atoms with Crippen LogP contribution in [0.3, 0.4) is 0 Å². The highest BCUT2D eigenvalue weighted by molar-refractivity contribution is 7.81. The lowest BCUT2D eigenvalue weighted by molar-refractivity contribution is 1.17. The molecule has 5 heteroatoms. The van der Waals surface area contributed by atoms with Crippen molar-refractivity contribution >= 4 is 46.6 Å². The van der Waals surface area contributed by atoms with E-state index in [1.165, 1.54) is 38.7 Å². The van der Waals surface area contributed by atoms with Crippen LogP contribution in [0.25, 0.3) is 11.3 Å². The van der Waals surface area contributed by atoms with Gasteiger partial charge < -0.3 is 9.80 Å². The van der Waals surface area contributed by atoms with E-state index in [-0.39, 0.29) is 0 Å². The summed E-state index contributed by atoms with van der Waals surface area (Å²) in [5.41, 5.74) is 7.08. The van der Waals surface area contributed by atoms with Crippen molar-refractivity contribution in [2.45, 2.75) is 0 Å². The zero-order valence-electron chi connectivity index (χ0n) is 16.2. The molecule has 2 aliphatic rings. The second-order valence-corrected chi connectivity index (χ2v) is 9.47. The van der Waals surface area contributed by atoms with E-state index in [1.54, 1.807) is 12.4 Å². The van der Waals surface area contributed by atoms with Crippen LogP contribution in [0.4, 0.5) is 22.7 Å². The van der Waals surface area contributed by atoms with Crippen LogP contribution in [0, 0.1) is 0 Å². The van der Waals surface area contributed by atoms with Gasteiger partial charge in [0.1, 0.15) is 0 Å². The third-order valence-corrected chi connectivity index (χ3v) is 8.47. The van der Waals surface area contributed by atoms with Crippen LogP contribution in [0.15, 0.2) is 79.3 Å².